The van der Waals surface area contributed by atoms with Crippen LogP contribution >= 0.6 is 0 Å². The van der Waals surface area contributed by atoms with E-state index in [1.54, 1.807) is 11.9 Å². The van der Waals surface area contributed by atoms with Gasteiger partial charge in [-0.2, -0.15) is 0 Å². The van der Waals surface area contributed by atoms with Gasteiger partial charge < -0.3 is 10.0 Å². The van der Waals surface area contributed by atoms with Crippen molar-refractivity contribution in [2.45, 2.75) is 18.4 Å². The molecule has 3 rings (SSSR count). The molecular weight excluding hydrogens is 418 g/mol. The predicted molar refractivity (Wildman–Crippen MR) is 117 cm³/mol. The number of anilines is 2. The number of carbonyl (C=O) groups is 2. The smallest absolute Gasteiger partial charge is 0.339 e. The second-order valence-electron chi connectivity index (χ2n) is 6.93. The Kier molecular flexibility index (Phi) is 6.36. The van der Waals surface area contributed by atoms with Crippen molar-refractivity contribution in [2.75, 3.05) is 16.7 Å². The van der Waals surface area contributed by atoms with Gasteiger partial charge in [0, 0.05) is 19.2 Å². The van der Waals surface area contributed by atoms with Crippen molar-refractivity contribution in [3.8, 4) is 0 Å². The zero-order valence-corrected chi connectivity index (χ0v) is 17.8. The molecule has 9 heteroatoms. The number of carbonyl (C=O) groups excluding carboxylic acids is 1. The van der Waals surface area contributed by atoms with Gasteiger partial charge in [0.05, 0.1) is 16.8 Å². The molecule has 1 heterocycles. The lowest BCUT2D eigenvalue weighted by molar-refractivity contribution is 0.0697. The van der Waals surface area contributed by atoms with Crippen LogP contribution in [0.15, 0.2) is 71.8 Å². The molecule has 0 spiro atoms. The van der Waals surface area contributed by atoms with Crippen LogP contribution in [-0.4, -0.2) is 37.3 Å². The van der Waals surface area contributed by atoms with Crippen molar-refractivity contribution >= 4 is 33.3 Å². The number of rotatable bonds is 8. The fourth-order valence-corrected chi connectivity index (χ4v) is 4.02. The van der Waals surface area contributed by atoms with Gasteiger partial charge in [-0.1, -0.05) is 42.5 Å². The standard InChI is InChI=1S/C22H21N3O5S/c1-15(26)17-8-10-19(11-9-17)31(29,30)24-18-12-20(22(27)28)21(23-13-18)25(2)14-16-6-4-3-5-7-16/h3-13,24H,14H2,1-2H3,(H,27,28). The van der Waals surface area contributed by atoms with Crippen LogP contribution in [0.1, 0.15) is 33.2 Å². The first-order valence-electron chi connectivity index (χ1n) is 9.29. The third-order valence-electron chi connectivity index (χ3n) is 4.54. The molecule has 0 fully saturated rings. The molecule has 2 N–H and O–H groups in total. The number of hydrogen-bond donors (Lipinski definition) is 2. The van der Waals surface area contributed by atoms with Crippen molar-refractivity contribution in [1.82, 2.24) is 4.98 Å². The lowest BCUT2D eigenvalue weighted by Crippen LogP contribution is -2.21. The average molecular weight is 439 g/mol. The largest absolute Gasteiger partial charge is 0.478 e. The number of aromatic nitrogens is 1. The summed E-state index contributed by atoms with van der Waals surface area (Å²) in [5, 5.41) is 9.63. The maximum absolute atomic E-state index is 12.6. The minimum atomic E-state index is -3.99. The van der Waals surface area contributed by atoms with Gasteiger partial charge in [-0.3, -0.25) is 9.52 Å². The highest BCUT2D eigenvalue weighted by molar-refractivity contribution is 7.92. The van der Waals surface area contributed by atoms with Crippen LogP contribution in [0.2, 0.25) is 0 Å². The molecule has 0 atom stereocenters. The number of carboxylic acids is 1. The zero-order valence-electron chi connectivity index (χ0n) is 16.9. The minimum absolute atomic E-state index is 0.0184. The number of benzene rings is 2. The van der Waals surface area contributed by atoms with Crippen LogP contribution in [0.4, 0.5) is 11.5 Å². The molecule has 1 aromatic heterocycles. The molecule has 2 aromatic carbocycles. The molecule has 0 saturated heterocycles. The molecule has 3 aromatic rings. The van der Waals surface area contributed by atoms with Crippen LogP contribution in [0, 0.1) is 0 Å². The van der Waals surface area contributed by atoms with E-state index in [4.69, 9.17) is 0 Å². The quantitative estimate of drug-likeness (QED) is 0.517. The minimum Gasteiger partial charge on any atom is -0.478 e. The normalized spacial score (nSPS) is 11.0. The average Bonchev–Trinajstić information content (AvgIpc) is 2.74. The van der Waals surface area contributed by atoms with Gasteiger partial charge in [0.25, 0.3) is 10.0 Å². The number of nitrogens with zero attached hydrogens (tertiary/aromatic N) is 2. The van der Waals surface area contributed by atoms with Crippen molar-refractivity contribution in [3.63, 3.8) is 0 Å². The number of aromatic carboxylic acids is 1. The van der Waals surface area contributed by atoms with E-state index in [1.165, 1.54) is 43.5 Å². The third kappa shape index (κ3) is 5.26. The van der Waals surface area contributed by atoms with Gasteiger partial charge >= 0.3 is 5.97 Å². The van der Waals surface area contributed by atoms with Crippen molar-refractivity contribution < 1.29 is 23.1 Å². The number of Topliss-reactive ketones (excluding diaryl/α,β-unsaturated/α-hetero) is 1. The molecule has 0 bridgehead atoms. The van der Waals surface area contributed by atoms with Crippen molar-refractivity contribution in [3.05, 3.63) is 83.6 Å². The highest BCUT2D eigenvalue weighted by Gasteiger charge is 2.20. The predicted octanol–water partition coefficient (Wildman–Crippen LogP) is 3.42. The Morgan fingerprint density at radius 1 is 1.06 bits per heavy atom. The maximum atomic E-state index is 12.6. The van der Waals surface area contributed by atoms with Gasteiger partial charge in [-0.25, -0.2) is 18.2 Å². The Morgan fingerprint density at radius 3 is 2.29 bits per heavy atom. The molecule has 8 nitrogen and oxygen atoms in total. The Hall–Kier alpha value is -3.72. The first-order chi connectivity index (χ1) is 14.7. The summed E-state index contributed by atoms with van der Waals surface area (Å²) < 4.78 is 27.6. The number of nitrogens with one attached hydrogen (secondary N) is 1. The van der Waals surface area contributed by atoms with Gasteiger partial charge in [0.15, 0.2) is 5.78 Å². The second-order valence-corrected chi connectivity index (χ2v) is 8.61. The maximum Gasteiger partial charge on any atom is 0.339 e. The topological polar surface area (TPSA) is 117 Å². The van der Waals surface area contributed by atoms with Gasteiger partial charge in [0.1, 0.15) is 11.4 Å². The van der Waals surface area contributed by atoms with Crippen LogP contribution in [-0.2, 0) is 16.6 Å². The zero-order chi connectivity index (χ0) is 22.6. The molecule has 0 unspecified atom stereocenters. The van der Waals surface area contributed by atoms with Crippen molar-refractivity contribution in [1.29, 1.82) is 0 Å². The first-order valence-corrected chi connectivity index (χ1v) is 10.8. The summed E-state index contributed by atoms with van der Waals surface area (Å²) >= 11 is 0. The van der Waals surface area contributed by atoms with Crippen LogP contribution < -0.4 is 9.62 Å². The van der Waals surface area contributed by atoms with E-state index in [9.17, 15) is 23.1 Å². The van der Waals surface area contributed by atoms with Gasteiger partial charge in [-0.15, -0.1) is 0 Å². The Balaban J connectivity index is 1.86. The summed E-state index contributed by atoms with van der Waals surface area (Å²) in [6.45, 7) is 1.82. The second kappa shape index (κ2) is 8.97. The highest BCUT2D eigenvalue weighted by Crippen LogP contribution is 2.24. The number of sulfonamides is 1. The van der Waals surface area contributed by atoms with E-state index in [0.717, 1.165) is 5.56 Å². The number of pyridine rings is 1. The van der Waals surface area contributed by atoms with Gasteiger partial charge in [0.2, 0.25) is 0 Å². The fourth-order valence-electron chi connectivity index (χ4n) is 2.99. The summed E-state index contributed by atoms with van der Waals surface area (Å²) in [7, 11) is -2.28. The summed E-state index contributed by atoms with van der Waals surface area (Å²) in [4.78, 5) is 29.0. The number of ketones is 1. The SMILES string of the molecule is CC(=O)c1ccc(S(=O)(=O)Nc2cnc(N(C)Cc3ccccc3)c(C(=O)O)c2)cc1. The van der Waals surface area contributed by atoms with E-state index >= 15 is 0 Å². The van der Waals surface area contributed by atoms with Crippen LogP contribution in [0.25, 0.3) is 0 Å². The molecule has 0 radical (unpaired) electrons. The fraction of sp³-hybridized carbons (Fsp3) is 0.136. The molecule has 31 heavy (non-hydrogen) atoms. The summed E-state index contributed by atoms with van der Waals surface area (Å²) in [5.74, 6) is -1.19. The van der Waals surface area contributed by atoms with E-state index in [-0.39, 0.29) is 27.7 Å². The monoisotopic (exact) mass is 439 g/mol. The lowest BCUT2D eigenvalue weighted by atomic mass is 10.2. The summed E-state index contributed by atoms with van der Waals surface area (Å²) in [6.07, 6.45) is 1.27. The summed E-state index contributed by atoms with van der Waals surface area (Å²) in [6, 6.07) is 16.2. The number of carboxylic acid groups (broad SMARTS) is 1. The Labute approximate surface area is 180 Å². The number of hydrogen-bond acceptors (Lipinski definition) is 6. The third-order valence-corrected chi connectivity index (χ3v) is 5.94. The molecule has 0 aliphatic carbocycles. The molecule has 0 saturated carbocycles. The Bertz CT molecular complexity index is 1210. The van der Waals surface area contributed by atoms with Crippen LogP contribution in [0.3, 0.4) is 0 Å². The molecular formula is C22H21N3O5S. The van der Waals surface area contributed by atoms with Crippen LogP contribution in [0.5, 0.6) is 0 Å². The molecule has 0 aliphatic heterocycles. The molecule has 0 aliphatic rings. The van der Waals surface area contributed by atoms with E-state index in [1.807, 2.05) is 30.3 Å². The van der Waals surface area contributed by atoms with Crippen molar-refractivity contribution in [2.24, 2.45) is 0 Å². The summed E-state index contributed by atoms with van der Waals surface area (Å²) in [5.41, 5.74) is 1.25. The van der Waals surface area contributed by atoms with E-state index in [2.05, 4.69) is 9.71 Å². The van der Waals surface area contributed by atoms with Gasteiger partial charge in [-0.05, 0) is 30.7 Å². The Morgan fingerprint density at radius 2 is 1.71 bits per heavy atom. The molecule has 160 valence electrons. The first kappa shape index (κ1) is 22.0. The lowest BCUT2D eigenvalue weighted by Gasteiger charge is -2.20. The van der Waals surface area contributed by atoms with E-state index in [0.29, 0.717) is 12.1 Å². The highest BCUT2D eigenvalue weighted by atomic mass is 32.2. The van der Waals surface area contributed by atoms with E-state index < -0.39 is 16.0 Å². The molecule has 0 amide bonds.